The lowest BCUT2D eigenvalue weighted by atomic mass is 10.1. The SMILES string of the molecule is Cc1cc(C(=O)N2CCN(Cc3ccccc3)CC2)cc(S(N)(=O)=O)c1. The number of benzene rings is 2. The summed E-state index contributed by atoms with van der Waals surface area (Å²) >= 11 is 0. The van der Waals surface area contributed by atoms with Crippen LogP contribution in [0.3, 0.4) is 0 Å². The summed E-state index contributed by atoms with van der Waals surface area (Å²) in [6.45, 7) is 5.42. The van der Waals surface area contributed by atoms with Crippen molar-refractivity contribution in [3.63, 3.8) is 0 Å². The maximum Gasteiger partial charge on any atom is 0.253 e. The van der Waals surface area contributed by atoms with Crippen LogP contribution < -0.4 is 5.14 Å². The Bertz CT molecular complexity index is 890. The van der Waals surface area contributed by atoms with Crippen LogP contribution in [0.2, 0.25) is 0 Å². The first-order chi connectivity index (χ1) is 12.3. The highest BCUT2D eigenvalue weighted by molar-refractivity contribution is 7.89. The van der Waals surface area contributed by atoms with E-state index in [9.17, 15) is 13.2 Å². The summed E-state index contributed by atoms with van der Waals surface area (Å²) in [5, 5.41) is 5.21. The number of carbonyl (C=O) groups excluding carboxylic acids is 1. The number of sulfonamides is 1. The number of piperazine rings is 1. The minimum atomic E-state index is -3.83. The molecule has 2 N–H and O–H groups in total. The van der Waals surface area contributed by atoms with Crippen molar-refractivity contribution in [1.82, 2.24) is 9.80 Å². The van der Waals surface area contributed by atoms with E-state index in [4.69, 9.17) is 5.14 Å². The molecule has 0 radical (unpaired) electrons. The zero-order valence-corrected chi connectivity index (χ0v) is 15.6. The molecule has 0 spiro atoms. The zero-order chi connectivity index (χ0) is 18.7. The van der Waals surface area contributed by atoms with Gasteiger partial charge in [0.1, 0.15) is 0 Å². The lowest BCUT2D eigenvalue weighted by molar-refractivity contribution is 0.0628. The fourth-order valence-corrected chi connectivity index (χ4v) is 3.81. The van der Waals surface area contributed by atoms with Crippen molar-refractivity contribution in [2.45, 2.75) is 18.4 Å². The topological polar surface area (TPSA) is 83.7 Å². The summed E-state index contributed by atoms with van der Waals surface area (Å²) in [7, 11) is -3.83. The van der Waals surface area contributed by atoms with E-state index < -0.39 is 10.0 Å². The van der Waals surface area contributed by atoms with Crippen LogP contribution in [-0.2, 0) is 16.6 Å². The molecular weight excluding hydrogens is 350 g/mol. The van der Waals surface area contributed by atoms with Gasteiger partial charge >= 0.3 is 0 Å². The van der Waals surface area contributed by atoms with Gasteiger partial charge in [0, 0.05) is 38.3 Å². The Hall–Kier alpha value is -2.22. The van der Waals surface area contributed by atoms with Gasteiger partial charge in [-0.05, 0) is 36.2 Å². The lowest BCUT2D eigenvalue weighted by Gasteiger charge is -2.35. The first kappa shape index (κ1) is 18.6. The highest BCUT2D eigenvalue weighted by atomic mass is 32.2. The minimum absolute atomic E-state index is 0.0245. The Morgan fingerprint density at radius 3 is 2.31 bits per heavy atom. The molecule has 0 aromatic heterocycles. The van der Waals surface area contributed by atoms with Crippen LogP contribution in [0.4, 0.5) is 0 Å². The van der Waals surface area contributed by atoms with Gasteiger partial charge in [-0.25, -0.2) is 13.6 Å². The van der Waals surface area contributed by atoms with Crippen molar-refractivity contribution in [3.8, 4) is 0 Å². The van der Waals surface area contributed by atoms with Crippen molar-refractivity contribution in [2.24, 2.45) is 5.14 Å². The van der Waals surface area contributed by atoms with E-state index in [-0.39, 0.29) is 10.8 Å². The normalized spacial score (nSPS) is 15.8. The summed E-state index contributed by atoms with van der Waals surface area (Å²) in [6, 6.07) is 14.8. The van der Waals surface area contributed by atoms with Crippen LogP contribution in [0, 0.1) is 6.92 Å². The van der Waals surface area contributed by atoms with Crippen LogP contribution in [0.15, 0.2) is 53.4 Å². The van der Waals surface area contributed by atoms with Crippen LogP contribution >= 0.6 is 0 Å². The molecule has 1 aliphatic rings. The zero-order valence-electron chi connectivity index (χ0n) is 14.8. The standard InChI is InChI=1S/C19H23N3O3S/c1-15-11-17(13-18(12-15)26(20,24)25)19(23)22-9-7-21(8-10-22)14-16-5-3-2-4-6-16/h2-6,11-13H,7-10,14H2,1H3,(H2,20,24,25). The second kappa shape index (κ2) is 7.57. The van der Waals surface area contributed by atoms with E-state index in [0.717, 1.165) is 19.6 Å². The molecule has 0 atom stereocenters. The monoisotopic (exact) mass is 373 g/mol. The number of nitrogens with zero attached hydrogens (tertiary/aromatic N) is 2. The molecule has 0 unspecified atom stereocenters. The number of primary sulfonamides is 1. The van der Waals surface area contributed by atoms with Crippen LogP contribution in [0.1, 0.15) is 21.5 Å². The molecule has 1 fully saturated rings. The predicted molar refractivity (Wildman–Crippen MR) is 100 cm³/mol. The van der Waals surface area contributed by atoms with Crippen molar-refractivity contribution in [3.05, 3.63) is 65.2 Å². The highest BCUT2D eigenvalue weighted by Crippen LogP contribution is 2.17. The van der Waals surface area contributed by atoms with Gasteiger partial charge in [-0.1, -0.05) is 30.3 Å². The molecule has 26 heavy (non-hydrogen) atoms. The smallest absolute Gasteiger partial charge is 0.253 e. The number of hydrogen-bond donors (Lipinski definition) is 1. The van der Waals surface area contributed by atoms with Crippen LogP contribution in [-0.4, -0.2) is 50.3 Å². The van der Waals surface area contributed by atoms with Gasteiger partial charge in [-0.3, -0.25) is 9.69 Å². The van der Waals surface area contributed by atoms with Gasteiger partial charge < -0.3 is 4.90 Å². The molecule has 138 valence electrons. The van der Waals surface area contributed by atoms with E-state index in [1.54, 1.807) is 17.9 Å². The van der Waals surface area contributed by atoms with E-state index in [2.05, 4.69) is 17.0 Å². The number of nitrogens with two attached hydrogens (primary N) is 1. The Labute approximate surface area is 154 Å². The van der Waals surface area contributed by atoms with Gasteiger partial charge in [0.05, 0.1) is 4.90 Å². The third-order valence-corrected chi connectivity index (χ3v) is 5.43. The summed E-state index contributed by atoms with van der Waals surface area (Å²) in [5.41, 5.74) is 2.32. The molecule has 1 heterocycles. The number of hydrogen-bond acceptors (Lipinski definition) is 4. The molecule has 0 saturated carbocycles. The van der Waals surface area contributed by atoms with Crippen LogP contribution in [0.5, 0.6) is 0 Å². The average molecular weight is 373 g/mol. The molecule has 1 amide bonds. The number of aryl methyl sites for hydroxylation is 1. The summed E-state index contributed by atoms with van der Waals surface area (Å²) in [6.07, 6.45) is 0. The van der Waals surface area contributed by atoms with Gasteiger partial charge in [0.2, 0.25) is 10.0 Å². The Morgan fingerprint density at radius 2 is 1.69 bits per heavy atom. The molecule has 1 saturated heterocycles. The average Bonchev–Trinajstić information content (AvgIpc) is 2.61. The predicted octanol–water partition coefficient (Wildman–Crippen LogP) is 1.60. The minimum Gasteiger partial charge on any atom is -0.336 e. The summed E-state index contributed by atoms with van der Waals surface area (Å²) in [5.74, 6) is -0.155. The highest BCUT2D eigenvalue weighted by Gasteiger charge is 2.23. The molecule has 2 aromatic carbocycles. The largest absolute Gasteiger partial charge is 0.336 e. The second-order valence-corrected chi connectivity index (χ2v) is 8.20. The van der Waals surface area contributed by atoms with E-state index in [1.165, 1.54) is 17.7 Å². The third-order valence-electron chi connectivity index (χ3n) is 4.53. The maximum absolute atomic E-state index is 12.8. The third kappa shape index (κ3) is 4.49. The van der Waals surface area contributed by atoms with Crippen molar-refractivity contribution in [2.75, 3.05) is 26.2 Å². The fourth-order valence-electron chi connectivity index (χ4n) is 3.17. The van der Waals surface area contributed by atoms with Crippen molar-refractivity contribution < 1.29 is 13.2 Å². The summed E-state index contributed by atoms with van der Waals surface area (Å²) < 4.78 is 23.2. The first-order valence-corrected chi connectivity index (χ1v) is 10.1. The fraction of sp³-hybridized carbons (Fsp3) is 0.316. The van der Waals surface area contributed by atoms with E-state index in [1.807, 2.05) is 18.2 Å². The molecule has 1 aliphatic heterocycles. The lowest BCUT2D eigenvalue weighted by Crippen LogP contribution is -2.48. The maximum atomic E-state index is 12.8. The first-order valence-electron chi connectivity index (χ1n) is 8.53. The quantitative estimate of drug-likeness (QED) is 0.882. The summed E-state index contributed by atoms with van der Waals surface area (Å²) in [4.78, 5) is 16.8. The number of amides is 1. The molecule has 7 heteroatoms. The Morgan fingerprint density at radius 1 is 1.04 bits per heavy atom. The molecule has 0 aliphatic carbocycles. The van der Waals surface area contributed by atoms with Gasteiger partial charge in [-0.15, -0.1) is 0 Å². The van der Waals surface area contributed by atoms with Crippen molar-refractivity contribution in [1.29, 1.82) is 0 Å². The van der Waals surface area contributed by atoms with Gasteiger partial charge in [0.25, 0.3) is 5.91 Å². The number of carbonyl (C=O) groups is 1. The van der Waals surface area contributed by atoms with E-state index >= 15 is 0 Å². The molecule has 3 rings (SSSR count). The molecule has 6 nitrogen and oxygen atoms in total. The van der Waals surface area contributed by atoms with Gasteiger partial charge in [-0.2, -0.15) is 0 Å². The Kier molecular flexibility index (Phi) is 5.41. The molecule has 0 bridgehead atoms. The molecule has 2 aromatic rings. The van der Waals surface area contributed by atoms with Gasteiger partial charge in [0.15, 0.2) is 0 Å². The second-order valence-electron chi connectivity index (χ2n) is 6.63. The van der Waals surface area contributed by atoms with Crippen molar-refractivity contribution >= 4 is 15.9 Å². The number of rotatable bonds is 4. The Balaban J connectivity index is 1.66. The van der Waals surface area contributed by atoms with E-state index in [0.29, 0.717) is 24.2 Å². The van der Waals surface area contributed by atoms with Crippen LogP contribution in [0.25, 0.3) is 0 Å². The molecular formula is C19H23N3O3S.